The van der Waals surface area contributed by atoms with Gasteiger partial charge in [0.1, 0.15) is 6.33 Å². The standard InChI is InChI=1S/C18H18N4O2/c23-12-15-8-6-14(7-9-15)10-11-19-18(24)17-20-13-22(21-17)16-4-2-1-3-5-16/h1-9,13,23H,10-12H2,(H,19,24). The van der Waals surface area contributed by atoms with E-state index in [4.69, 9.17) is 5.11 Å². The zero-order chi connectivity index (χ0) is 16.8. The van der Waals surface area contributed by atoms with Crippen molar-refractivity contribution in [1.82, 2.24) is 20.1 Å². The molecule has 0 aliphatic carbocycles. The normalized spacial score (nSPS) is 10.5. The van der Waals surface area contributed by atoms with Crippen LogP contribution in [0.25, 0.3) is 5.69 Å². The van der Waals surface area contributed by atoms with Crippen molar-refractivity contribution in [2.45, 2.75) is 13.0 Å². The van der Waals surface area contributed by atoms with Gasteiger partial charge < -0.3 is 10.4 Å². The number of aliphatic hydroxyl groups excluding tert-OH is 1. The smallest absolute Gasteiger partial charge is 0.290 e. The average molecular weight is 322 g/mol. The van der Waals surface area contributed by atoms with Crippen LogP contribution in [-0.4, -0.2) is 32.3 Å². The van der Waals surface area contributed by atoms with E-state index in [0.29, 0.717) is 13.0 Å². The highest BCUT2D eigenvalue weighted by Gasteiger charge is 2.11. The van der Waals surface area contributed by atoms with Gasteiger partial charge in [-0.1, -0.05) is 42.5 Å². The number of nitrogens with one attached hydrogen (secondary N) is 1. The molecule has 2 aromatic carbocycles. The van der Waals surface area contributed by atoms with Crippen molar-refractivity contribution >= 4 is 5.91 Å². The predicted octanol–water partition coefficient (Wildman–Crippen LogP) is 1.73. The van der Waals surface area contributed by atoms with Crippen LogP contribution >= 0.6 is 0 Å². The molecule has 6 heteroatoms. The van der Waals surface area contributed by atoms with Gasteiger partial charge in [0.2, 0.25) is 5.82 Å². The molecule has 1 aromatic heterocycles. The first kappa shape index (κ1) is 15.9. The Labute approximate surface area is 139 Å². The Balaban J connectivity index is 1.54. The lowest BCUT2D eigenvalue weighted by atomic mass is 10.1. The summed E-state index contributed by atoms with van der Waals surface area (Å²) in [6, 6.07) is 17.2. The minimum absolute atomic E-state index is 0.0345. The van der Waals surface area contributed by atoms with E-state index in [9.17, 15) is 4.79 Å². The molecule has 0 radical (unpaired) electrons. The van der Waals surface area contributed by atoms with Gasteiger partial charge in [0.15, 0.2) is 0 Å². The minimum Gasteiger partial charge on any atom is -0.392 e. The third-order valence-corrected chi connectivity index (χ3v) is 3.62. The Hall–Kier alpha value is -2.99. The fraction of sp³-hybridized carbons (Fsp3) is 0.167. The number of nitrogens with zero attached hydrogens (tertiary/aromatic N) is 3. The first-order valence-corrected chi connectivity index (χ1v) is 7.70. The number of aliphatic hydroxyl groups is 1. The lowest BCUT2D eigenvalue weighted by Gasteiger charge is -2.04. The molecular weight excluding hydrogens is 304 g/mol. The van der Waals surface area contributed by atoms with Gasteiger partial charge in [-0.25, -0.2) is 9.67 Å². The summed E-state index contributed by atoms with van der Waals surface area (Å²) < 4.78 is 1.57. The predicted molar refractivity (Wildman–Crippen MR) is 89.8 cm³/mol. The SMILES string of the molecule is O=C(NCCc1ccc(CO)cc1)c1ncn(-c2ccccc2)n1. The number of amides is 1. The molecule has 3 rings (SSSR count). The van der Waals surface area contributed by atoms with Gasteiger partial charge in [-0.2, -0.15) is 0 Å². The van der Waals surface area contributed by atoms with Crippen LogP contribution in [0.15, 0.2) is 60.9 Å². The van der Waals surface area contributed by atoms with Crippen LogP contribution in [0.4, 0.5) is 0 Å². The van der Waals surface area contributed by atoms with E-state index in [2.05, 4.69) is 15.4 Å². The van der Waals surface area contributed by atoms with E-state index in [0.717, 1.165) is 16.8 Å². The number of carbonyl (C=O) groups excluding carboxylic acids is 1. The lowest BCUT2D eigenvalue weighted by Crippen LogP contribution is -2.26. The van der Waals surface area contributed by atoms with Gasteiger partial charge in [-0.3, -0.25) is 4.79 Å². The number of benzene rings is 2. The molecule has 6 nitrogen and oxygen atoms in total. The van der Waals surface area contributed by atoms with Crippen LogP contribution < -0.4 is 5.32 Å². The number of aromatic nitrogens is 3. The van der Waals surface area contributed by atoms with Crippen molar-refractivity contribution in [2.24, 2.45) is 0 Å². The van der Waals surface area contributed by atoms with Crippen LogP contribution in [0.2, 0.25) is 0 Å². The molecule has 122 valence electrons. The lowest BCUT2D eigenvalue weighted by molar-refractivity contribution is 0.0944. The monoisotopic (exact) mass is 322 g/mol. The van der Waals surface area contributed by atoms with Crippen LogP contribution in [0, 0.1) is 0 Å². The van der Waals surface area contributed by atoms with Crippen molar-refractivity contribution in [2.75, 3.05) is 6.54 Å². The Kier molecular flexibility index (Phi) is 4.98. The number of hydrogen-bond acceptors (Lipinski definition) is 4. The highest BCUT2D eigenvalue weighted by Crippen LogP contribution is 2.06. The van der Waals surface area contributed by atoms with Crippen molar-refractivity contribution in [3.05, 3.63) is 77.9 Å². The summed E-state index contributed by atoms with van der Waals surface area (Å²) in [5.41, 5.74) is 2.82. The summed E-state index contributed by atoms with van der Waals surface area (Å²) in [5.74, 6) is -0.147. The number of carbonyl (C=O) groups is 1. The van der Waals surface area contributed by atoms with Crippen molar-refractivity contribution in [3.8, 4) is 5.69 Å². The van der Waals surface area contributed by atoms with E-state index < -0.39 is 0 Å². The molecule has 0 fully saturated rings. The maximum Gasteiger partial charge on any atom is 0.290 e. The molecule has 0 unspecified atom stereocenters. The van der Waals surface area contributed by atoms with Crippen molar-refractivity contribution in [1.29, 1.82) is 0 Å². The number of para-hydroxylation sites is 1. The largest absolute Gasteiger partial charge is 0.392 e. The van der Waals surface area contributed by atoms with Gasteiger partial charge in [-0.15, -0.1) is 5.10 Å². The number of rotatable bonds is 6. The third-order valence-electron chi connectivity index (χ3n) is 3.62. The van der Waals surface area contributed by atoms with Crippen LogP contribution in [0.1, 0.15) is 21.7 Å². The summed E-state index contributed by atoms with van der Waals surface area (Å²) in [6.45, 7) is 0.532. The molecule has 1 heterocycles. The zero-order valence-corrected chi connectivity index (χ0v) is 13.1. The molecule has 0 atom stereocenters. The Morgan fingerprint density at radius 1 is 1.04 bits per heavy atom. The molecule has 0 spiro atoms. The van der Waals surface area contributed by atoms with Crippen LogP contribution in [0.5, 0.6) is 0 Å². The second kappa shape index (κ2) is 7.52. The first-order chi connectivity index (χ1) is 11.8. The summed E-state index contributed by atoms with van der Waals surface area (Å²) in [6.07, 6.45) is 2.23. The molecule has 0 aliphatic rings. The second-order valence-electron chi connectivity index (χ2n) is 5.33. The highest BCUT2D eigenvalue weighted by atomic mass is 16.3. The molecule has 0 aliphatic heterocycles. The molecular formula is C18H18N4O2. The first-order valence-electron chi connectivity index (χ1n) is 7.70. The summed E-state index contributed by atoms with van der Waals surface area (Å²) in [4.78, 5) is 16.2. The number of hydrogen-bond donors (Lipinski definition) is 2. The molecule has 1 amide bonds. The highest BCUT2D eigenvalue weighted by molar-refractivity contribution is 5.90. The van der Waals surface area contributed by atoms with Gasteiger partial charge in [-0.05, 0) is 29.7 Å². The Morgan fingerprint density at radius 3 is 2.46 bits per heavy atom. The van der Waals surface area contributed by atoms with Crippen LogP contribution in [-0.2, 0) is 13.0 Å². The van der Waals surface area contributed by atoms with E-state index in [-0.39, 0.29) is 18.3 Å². The quantitative estimate of drug-likeness (QED) is 0.724. The summed E-state index contributed by atoms with van der Waals surface area (Å²) >= 11 is 0. The molecule has 0 bridgehead atoms. The van der Waals surface area contributed by atoms with Gasteiger partial charge in [0, 0.05) is 6.54 Å². The molecule has 2 N–H and O–H groups in total. The maximum absolute atomic E-state index is 12.1. The van der Waals surface area contributed by atoms with Crippen molar-refractivity contribution in [3.63, 3.8) is 0 Å². The fourth-order valence-corrected chi connectivity index (χ4v) is 2.28. The summed E-state index contributed by atoms with van der Waals surface area (Å²) in [5, 5.41) is 16.0. The second-order valence-corrected chi connectivity index (χ2v) is 5.33. The van der Waals surface area contributed by atoms with E-state index in [1.807, 2.05) is 54.6 Å². The van der Waals surface area contributed by atoms with E-state index in [1.54, 1.807) is 4.68 Å². The Bertz CT molecular complexity index is 797. The average Bonchev–Trinajstić information content (AvgIpc) is 3.13. The topological polar surface area (TPSA) is 80.0 Å². The van der Waals surface area contributed by atoms with Crippen molar-refractivity contribution < 1.29 is 9.90 Å². The maximum atomic E-state index is 12.1. The summed E-state index contributed by atoms with van der Waals surface area (Å²) in [7, 11) is 0. The third kappa shape index (κ3) is 3.85. The van der Waals surface area contributed by atoms with Gasteiger partial charge in [0.25, 0.3) is 5.91 Å². The fourth-order valence-electron chi connectivity index (χ4n) is 2.28. The zero-order valence-electron chi connectivity index (χ0n) is 13.1. The molecule has 0 saturated carbocycles. The van der Waals surface area contributed by atoms with E-state index in [1.165, 1.54) is 6.33 Å². The van der Waals surface area contributed by atoms with E-state index >= 15 is 0 Å². The molecule has 3 aromatic rings. The minimum atomic E-state index is -0.295. The van der Waals surface area contributed by atoms with Crippen LogP contribution in [0.3, 0.4) is 0 Å². The van der Waals surface area contributed by atoms with Gasteiger partial charge >= 0.3 is 0 Å². The molecule has 24 heavy (non-hydrogen) atoms. The molecule has 0 saturated heterocycles. The Morgan fingerprint density at radius 2 is 1.75 bits per heavy atom. The van der Waals surface area contributed by atoms with Gasteiger partial charge in [0.05, 0.1) is 12.3 Å².